The van der Waals surface area contributed by atoms with Crippen LogP contribution in [0.5, 0.6) is 0 Å². The number of carbonyl (C=O) groups excluding carboxylic acids is 1. The van der Waals surface area contributed by atoms with Crippen LogP contribution in [-0.4, -0.2) is 78.5 Å². The normalized spacial score (nSPS) is 19.8. The lowest BCUT2D eigenvalue weighted by atomic mass is 10.1. The largest absolute Gasteiger partial charge is 0.468 e. The van der Waals surface area contributed by atoms with Crippen molar-refractivity contribution < 1.29 is 13.7 Å². The minimum atomic E-state index is -1.32. The standard InChI is InChI=1S/C22H38N2O3S/c1-18(27-28(6,7)22(2,3)4)20(21(25)26-5)24-15-13-23(14-16-24)17-19-11-9-8-10-12-19/h8-12,18,20H,13-17H2,1-7H3/t18-,20+/m1/s1. The van der Waals surface area contributed by atoms with Crippen LogP contribution in [0.25, 0.3) is 0 Å². The van der Waals surface area contributed by atoms with Crippen molar-refractivity contribution in [2.75, 3.05) is 45.8 Å². The zero-order valence-corrected chi connectivity index (χ0v) is 19.4. The zero-order valence-electron chi connectivity index (χ0n) is 18.6. The minimum Gasteiger partial charge on any atom is -0.468 e. The van der Waals surface area contributed by atoms with Crippen molar-refractivity contribution in [3.05, 3.63) is 35.9 Å². The second-order valence-electron chi connectivity index (χ2n) is 8.91. The summed E-state index contributed by atoms with van der Waals surface area (Å²) in [6, 6.07) is 10.2. The van der Waals surface area contributed by atoms with Gasteiger partial charge in [-0.3, -0.25) is 14.6 Å². The van der Waals surface area contributed by atoms with Gasteiger partial charge in [-0.15, -0.1) is 10.3 Å². The molecule has 1 aromatic carbocycles. The molecule has 2 atom stereocenters. The molecule has 0 N–H and O–H groups in total. The highest BCUT2D eigenvalue weighted by Gasteiger charge is 2.39. The van der Waals surface area contributed by atoms with E-state index < -0.39 is 10.3 Å². The van der Waals surface area contributed by atoms with Gasteiger partial charge in [-0.05, 0) is 25.0 Å². The SMILES string of the molecule is COC(=O)[C@H]([C@@H](C)OS(C)(C)C(C)(C)C)N1CCN(Cc2ccccc2)CC1. The molecular weight excluding hydrogens is 372 g/mol. The number of benzene rings is 1. The van der Waals surface area contributed by atoms with Gasteiger partial charge in [-0.25, -0.2) is 0 Å². The number of piperazine rings is 1. The van der Waals surface area contributed by atoms with Crippen LogP contribution in [0, 0.1) is 0 Å². The summed E-state index contributed by atoms with van der Waals surface area (Å²) in [5.74, 6) is -0.201. The van der Waals surface area contributed by atoms with E-state index in [-0.39, 0.29) is 22.9 Å². The molecule has 0 saturated carbocycles. The molecule has 6 heteroatoms. The molecule has 0 radical (unpaired) electrons. The average molecular weight is 411 g/mol. The Kier molecular flexibility index (Phi) is 7.97. The Hall–Kier alpha value is -1.08. The predicted octanol–water partition coefficient (Wildman–Crippen LogP) is 3.53. The van der Waals surface area contributed by atoms with E-state index in [1.165, 1.54) is 12.7 Å². The maximum Gasteiger partial charge on any atom is 0.325 e. The topological polar surface area (TPSA) is 42.0 Å². The van der Waals surface area contributed by atoms with E-state index in [1.807, 2.05) is 13.0 Å². The average Bonchev–Trinajstić information content (AvgIpc) is 2.62. The van der Waals surface area contributed by atoms with Crippen LogP contribution in [-0.2, 0) is 20.3 Å². The van der Waals surface area contributed by atoms with Crippen LogP contribution >= 0.6 is 10.3 Å². The van der Waals surface area contributed by atoms with Crippen molar-refractivity contribution in [3.63, 3.8) is 0 Å². The van der Waals surface area contributed by atoms with Gasteiger partial charge >= 0.3 is 5.97 Å². The van der Waals surface area contributed by atoms with Gasteiger partial charge in [0.2, 0.25) is 0 Å². The van der Waals surface area contributed by atoms with Gasteiger partial charge in [0.1, 0.15) is 6.04 Å². The summed E-state index contributed by atoms with van der Waals surface area (Å²) in [5.41, 5.74) is 1.33. The van der Waals surface area contributed by atoms with Gasteiger partial charge in [0.05, 0.1) is 13.2 Å². The van der Waals surface area contributed by atoms with Crippen molar-refractivity contribution in [2.24, 2.45) is 0 Å². The van der Waals surface area contributed by atoms with Gasteiger partial charge in [-0.1, -0.05) is 51.1 Å². The number of hydrogen-bond acceptors (Lipinski definition) is 5. The van der Waals surface area contributed by atoms with Crippen LogP contribution in [0.3, 0.4) is 0 Å². The molecule has 0 aromatic heterocycles. The van der Waals surface area contributed by atoms with Gasteiger partial charge in [0, 0.05) is 37.5 Å². The molecule has 1 saturated heterocycles. The quantitative estimate of drug-likeness (QED) is 0.643. The molecule has 1 heterocycles. The predicted molar refractivity (Wildman–Crippen MR) is 119 cm³/mol. The Labute approximate surface area is 172 Å². The molecule has 0 amide bonds. The lowest BCUT2D eigenvalue weighted by molar-refractivity contribution is -0.151. The van der Waals surface area contributed by atoms with E-state index in [2.05, 4.69) is 67.3 Å². The van der Waals surface area contributed by atoms with Gasteiger partial charge < -0.3 is 8.92 Å². The first kappa shape index (κ1) is 23.2. The summed E-state index contributed by atoms with van der Waals surface area (Å²) in [6.07, 6.45) is 4.14. The van der Waals surface area contributed by atoms with Crippen molar-refractivity contribution in [1.29, 1.82) is 0 Å². The van der Waals surface area contributed by atoms with Crippen LogP contribution in [0.1, 0.15) is 33.3 Å². The third kappa shape index (κ3) is 5.96. The molecule has 160 valence electrons. The van der Waals surface area contributed by atoms with Crippen molar-refractivity contribution in [1.82, 2.24) is 9.80 Å². The summed E-state index contributed by atoms with van der Waals surface area (Å²) in [6.45, 7) is 13.1. The molecule has 0 unspecified atom stereocenters. The second kappa shape index (κ2) is 9.61. The third-order valence-corrected chi connectivity index (χ3v) is 9.54. The summed E-state index contributed by atoms with van der Waals surface area (Å²) >= 11 is 0. The van der Waals surface area contributed by atoms with Crippen LogP contribution in [0.15, 0.2) is 30.3 Å². The molecule has 2 rings (SSSR count). The van der Waals surface area contributed by atoms with E-state index in [1.54, 1.807) is 0 Å². The van der Waals surface area contributed by atoms with Gasteiger partial charge in [0.15, 0.2) is 0 Å². The van der Waals surface area contributed by atoms with E-state index in [4.69, 9.17) is 8.92 Å². The summed E-state index contributed by atoms with van der Waals surface area (Å²) in [7, 11) is 0.149. The third-order valence-electron chi connectivity index (χ3n) is 5.80. The van der Waals surface area contributed by atoms with Crippen LogP contribution in [0.2, 0.25) is 0 Å². The molecule has 28 heavy (non-hydrogen) atoms. The number of methoxy groups -OCH3 is 1. The summed E-state index contributed by atoms with van der Waals surface area (Å²) < 4.78 is 11.7. The first-order chi connectivity index (χ1) is 13.0. The smallest absolute Gasteiger partial charge is 0.325 e. The number of nitrogens with zero attached hydrogens (tertiary/aromatic N) is 2. The minimum absolute atomic E-state index is 0.0519. The molecule has 1 aromatic rings. The van der Waals surface area contributed by atoms with Crippen LogP contribution in [0.4, 0.5) is 0 Å². The fourth-order valence-corrected chi connectivity index (χ4v) is 4.53. The zero-order chi connectivity index (χ0) is 20.9. The first-order valence-electron chi connectivity index (χ1n) is 10.0. The summed E-state index contributed by atoms with van der Waals surface area (Å²) in [5, 5.41) is 0. The van der Waals surface area contributed by atoms with Gasteiger partial charge in [-0.2, -0.15) is 0 Å². The monoisotopic (exact) mass is 410 g/mol. The maximum absolute atomic E-state index is 12.6. The van der Waals surface area contributed by atoms with E-state index in [9.17, 15) is 4.79 Å². The van der Waals surface area contributed by atoms with Crippen molar-refractivity contribution in [2.45, 2.75) is 51.1 Å². The highest BCUT2D eigenvalue weighted by molar-refractivity contribution is 8.29. The highest BCUT2D eigenvalue weighted by atomic mass is 32.3. The van der Waals surface area contributed by atoms with E-state index in [0.29, 0.717) is 0 Å². The Morgan fingerprint density at radius 3 is 2.18 bits per heavy atom. The molecule has 0 bridgehead atoms. The lowest BCUT2D eigenvalue weighted by Gasteiger charge is -2.48. The first-order valence-corrected chi connectivity index (χ1v) is 12.4. The fraction of sp³-hybridized carbons (Fsp3) is 0.682. The fourth-order valence-electron chi connectivity index (χ4n) is 3.38. The summed E-state index contributed by atoms with van der Waals surface area (Å²) in [4.78, 5) is 17.3. The Morgan fingerprint density at radius 1 is 1.11 bits per heavy atom. The Balaban J connectivity index is 2.01. The van der Waals surface area contributed by atoms with Gasteiger partial charge in [0.25, 0.3) is 0 Å². The molecule has 5 nitrogen and oxygen atoms in total. The molecule has 1 fully saturated rings. The highest BCUT2D eigenvalue weighted by Crippen LogP contribution is 2.54. The second-order valence-corrected chi connectivity index (χ2v) is 12.8. The van der Waals surface area contributed by atoms with Crippen molar-refractivity contribution in [3.8, 4) is 0 Å². The van der Waals surface area contributed by atoms with E-state index in [0.717, 1.165) is 32.7 Å². The number of hydrogen-bond donors (Lipinski definition) is 0. The van der Waals surface area contributed by atoms with Crippen molar-refractivity contribution >= 4 is 16.3 Å². The molecule has 1 aliphatic heterocycles. The number of ether oxygens (including phenoxy) is 1. The number of esters is 1. The molecule has 0 aliphatic carbocycles. The lowest BCUT2D eigenvalue weighted by Crippen LogP contribution is -2.56. The number of carbonyl (C=O) groups is 1. The van der Waals surface area contributed by atoms with Crippen LogP contribution < -0.4 is 0 Å². The maximum atomic E-state index is 12.6. The molecular formula is C22H38N2O3S. The Morgan fingerprint density at radius 2 is 1.68 bits per heavy atom. The number of rotatable bonds is 7. The molecule has 1 aliphatic rings. The Bertz CT molecular complexity index is 622. The van der Waals surface area contributed by atoms with E-state index >= 15 is 0 Å². The molecule has 0 spiro atoms.